The minimum absolute atomic E-state index is 0.165. The van der Waals surface area contributed by atoms with Gasteiger partial charge in [0.25, 0.3) is 0 Å². The standard InChI is InChI=1S/C16H22FNO5/c1-3-4-10-23-15(20)18-16(21,14(19)22-2)9-8-12-6-5-7-13(17)11-12/h5-7,11,21H,3-4,8-10H2,1-2H3,(H,18,20). The lowest BCUT2D eigenvalue weighted by Gasteiger charge is -2.26. The molecule has 2 N–H and O–H groups in total. The summed E-state index contributed by atoms with van der Waals surface area (Å²) in [5.74, 6) is -1.43. The molecular formula is C16H22FNO5. The number of rotatable bonds is 8. The molecule has 1 aromatic rings. The van der Waals surface area contributed by atoms with Crippen molar-refractivity contribution in [2.24, 2.45) is 0 Å². The van der Waals surface area contributed by atoms with Gasteiger partial charge in [0.05, 0.1) is 13.7 Å². The molecule has 6 nitrogen and oxygen atoms in total. The Labute approximate surface area is 134 Å². The quantitative estimate of drug-likeness (QED) is 0.434. The molecule has 0 saturated heterocycles. The number of hydrogen-bond donors (Lipinski definition) is 2. The molecule has 0 fully saturated rings. The number of unbranched alkanes of at least 4 members (excludes halogenated alkanes) is 1. The monoisotopic (exact) mass is 327 g/mol. The van der Waals surface area contributed by atoms with Gasteiger partial charge >= 0.3 is 12.1 Å². The van der Waals surface area contributed by atoms with Gasteiger partial charge in [0.15, 0.2) is 0 Å². The van der Waals surface area contributed by atoms with Crippen LogP contribution in [0.4, 0.5) is 9.18 Å². The molecule has 0 radical (unpaired) electrons. The van der Waals surface area contributed by atoms with Gasteiger partial charge in [-0.05, 0) is 30.5 Å². The zero-order valence-electron chi connectivity index (χ0n) is 13.3. The van der Waals surface area contributed by atoms with Gasteiger partial charge in [-0.2, -0.15) is 0 Å². The van der Waals surface area contributed by atoms with Gasteiger partial charge in [-0.1, -0.05) is 25.5 Å². The Hall–Kier alpha value is -2.15. The van der Waals surface area contributed by atoms with Gasteiger partial charge in [0.2, 0.25) is 5.72 Å². The molecule has 0 spiro atoms. The number of aliphatic hydroxyl groups is 1. The second-order valence-corrected chi connectivity index (χ2v) is 5.10. The van der Waals surface area contributed by atoms with Crippen LogP contribution in [-0.2, 0) is 20.7 Å². The molecular weight excluding hydrogens is 305 g/mol. The number of aryl methyl sites for hydroxylation is 1. The maximum Gasteiger partial charge on any atom is 0.409 e. The first-order valence-electron chi connectivity index (χ1n) is 7.41. The van der Waals surface area contributed by atoms with E-state index in [-0.39, 0.29) is 19.4 Å². The molecule has 1 aromatic carbocycles. The van der Waals surface area contributed by atoms with Crippen molar-refractivity contribution in [3.8, 4) is 0 Å². The highest BCUT2D eigenvalue weighted by molar-refractivity contribution is 5.83. The first kappa shape index (κ1) is 18.9. The van der Waals surface area contributed by atoms with Crippen molar-refractivity contribution in [2.75, 3.05) is 13.7 Å². The Morgan fingerprint density at radius 1 is 1.39 bits per heavy atom. The number of halogens is 1. The first-order chi connectivity index (χ1) is 10.9. The number of amides is 1. The van der Waals surface area contributed by atoms with Crippen LogP contribution < -0.4 is 5.32 Å². The van der Waals surface area contributed by atoms with Crippen LogP contribution in [0.1, 0.15) is 31.7 Å². The average Bonchev–Trinajstić information content (AvgIpc) is 2.52. The second kappa shape index (κ2) is 9.09. The molecule has 128 valence electrons. The smallest absolute Gasteiger partial charge is 0.409 e. The van der Waals surface area contributed by atoms with Crippen LogP contribution in [0.5, 0.6) is 0 Å². The van der Waals surface area contributed by atoms with Gasteiger partial charge in [0.1, 0.15) is 5.82 Å². The zero-order chi connectivity index (χ0) is 17.3. The normalized spacial score (nSPS) is 13.0. The number of methoxy groups -OCH3 is 1. The van der Waals surface area contributed by atoms with E-state index in [0.717, 1.165) is 13.5 Å². The zero-order valence-corrected chi connectivity index (χ0v) is 13.3. The molecule has 0 aliphatic heterocycles. The number of benzene rings is 1. The Balaban J connectivity index is 2.70. The molecule has 1 rings (SSSR count). The summed E-state index contributed by atoms with van der Waals surface area (Å²) >= 11 is 0. The van der Waals surface area contributed by atoms with E-state index in [0.29, 0.717) is 12.0 Å². The molecule has 0 saturated carbocycles. The van der Waals surface area contributed by atoms with Gasteiger partial charge < -0.3 is 14.6 Å². The van der Waals surface area contributed by atoms with E-state index >= 15 is 0 Å². The number of alkyl carbamates (subject to hydrolysis) is 1. The molecule has 7 heteroatoms. The molecule has 23 heavy (non-hydrogen) atoms. The van der Waals surface area contributed by atoms with E-state index in [1.807, 2.05) is 6.92 Å². The summed E-state index contributed by atoms with van der Waals surface area (Å²) in [6, 6.07) is 5.76. The molecule has 0 aliphatic rings. The largest absolute Gasteiger partial charge is 0.465 e. The number of esters is 1. The molecule has 0 heterocycles. The van der Waals surface area contributed by atoms with Crippen molar-refractivity contribution in [2.45, 2.75) is 38.3 Å². The predicted octanol–water partition coefficient (Wildman–Crippen LogP) is 2.15. The minimum Gasteiger partial charge on any atom is -0.465 e. The Morgan fingerprint density at radius 3 is 2.74 bits per heavy atom. The highest BCUT2D eigenvalue weighted by Crippen LogP contribution is 2.15. The summed E-state index contributed by atoms with van der Waals surface area (Å²) in [7, 11) is 1.10. The topological polar surface area (TPSA) is 84.9 Å². The Bertz CT molecular complexity index is 537. The predicted molar refractivity (Wildman–Crippen MR) is 81.1 cm³/mol. The van der Waals surface area contributed by atoms with Gasteiger partial charge in [0, 0.05) is 6.42 Å². The van der Waals surface area contributed by atoms with Crippen molar-refractivity contribution >= 4 is 12.1 Å². The number of ether oxygens (including phenoxy) is 2. The number of carbonyl (C=O) groups excluding carboxylic acids is 2. The second-order valence-electron chi connectivity index (χ2n) is 5.10. The summed E-state index contributed by atoms with van der Waals surface area (Å²) in [4.78, 5) is 23.4. The van der Waals surface area contributed by atoms with Crippen molar-refractivity contribution in [1.82, 2.24) is 5.32 Å². The van der Waals surface area contributed by atoms with Gasteiger partial charge in [-0.15, -0.1) is 0 Å². The third-order valence-corrected chi connectivity index (χ3v) is 3.23. The van der Waals surface area contributed by atoms with E-state index in [9.17, 15) is 19.1 Å². The van der Waals surface area contributed by atoms with Gasteiger partial charge in [-0.25, -0.2) is 14.0 Å². The summed E-state index contributed by atoms with van der Waals surface area (Å²) in [5.41, 5.74) is -1.65. The Kier molecular flexibility index (Phi) is 7.47. The van der Waals surface area contributed by atoms with Crippen LogP contribution in [0.3, 0.4) is 0 Å². The van der Waals surface area contributed by atoms with Crippen LogP contribution in [0.15, 0.2) is 24.3 Å². The number of hydrogen-bond acceptors (Lipinski definition) is 5. The molecule has 1 unspecified atom stereocenters. The highest BCUT2D eigenvalue weighted by atomic mass is 19.1. The minimum atomic E-state index is -2.23. The highest BCUT2D eigenvalue weighted by Gasteiger charge is 2.39. The lowest BCUT2D eigenvalue weighted by Crippen LogP contribution is -2.55. The summed E-state index contributed by atoms with van der Waals surface area (Å²) in [6.07, 6.45) is 0.595. The summed E-state index contributed by atoms with van der Waals surface area (Å²) < 4.78 is 22.5. The van der Waals surface area contributed by atoms with Crippen LogP contribution in [0, 0.1) is 5.82 Å². The van der Waals surface area contributed by atoms with Crippen molar-refractivity contribution in [3.05, 3.63) is 35.6 Å². The van der Waals surface area contributed by atoms with Crippen molar-refractivity contribution in [1.29, 1.82) is 0 Å². The molecule has 0 aromatic heterocycles. The molecule has 0 bridgehead atoms. The van der Waals surface area contributed by atoms with Crippen LogP contribution in [-0.4, -0.2) is 36.6 Å². The summed E-state index contributed by atoms with van der Waals surface area (Å²) in [6.45, 7) is 2.12. The van der Waals surface area contributed by atoms with E-state index in [1.165, 1.54) is 18.2 Å². The van der Waals surface area contributed by atoms with E-state index in [2.05, 4.69) is 10.1 Å². The van der Waals surface area contributed by atoms with Crippen LogP contribution in [0.25, 0.3) is 0 Å². The maximum atomic E-state index is 13.2. The van der Waals surface area contributed by atoms with Crippen LogP contribution in [0.2, 0.25) is 0 Å². The fourth-order valence-corrected chi connectivity index (χ4v) is 1.92. The van der Waals surface area contributed by atoms with E-state index in [1.54, 1.807) is 6.07 Å². The fourth-order valence-electron chi connectivity index (χ4n) is 1.92. The van der Waals surface area contributed by atoms with Gasteiger partial charge in [-0.3, -0.25) is 5.32 Å². The first-order valence-corrected chi connectivity index (χ1v) is 7.41. The van der Waals surface area contributed by atoms with Crippen molar-refractivity contribution in [3.63, 3.8) is 0 Å². The third kappa shape index (κ3) is 6.23. The average molecular weight is 327 g/mol. The van der Waals surface area contributed by atoms with E-state index in [4.69, 9.17) is 4.74 Å². The van der Waals surface area contributed by atoms with E-state index < -0.39 is 23.6 Å². The number of carbonyl (C=O) groups is 2. The maximum absolute atomic E-state index is 13.2. The lowest BCUT2D eigenvalue weighted by atomic mass is 10.0. The fraction of sp³-hybridized carbons (Fsp3) is 0.500. The molecule has 0 aliphatic carbocycles. The Morgan fingerprint density at radius 2 is 2.13 bits per heavy atom. The lowest BCUT2D eigenvalue weighted by molar-refractivity contribution is -0.166. The van der Waals surface area contributed by atoms with Crippen LogP contribution >= 0.6 is 0 Å². The van der Waals surface area contributed by atoms with Crippen molar-refractivity contribution < 1.29 is 28.6 Å². The molecule has 1 amide bonds. The SMILES string of the molecule is CCCCOC(=O)NC(O)(CCc1cccc(F)c1)C(=O)OC. The molecule has 1 atom stereocenters. The summed E-state index contributed by atoms with van der Waals surface area (Å²) in [5, 5.41) is 12.5. The number of nitrogens with one attached hydrogen (secondary N) is 1. The third-order valence-electron chi connectivity index (χ3n) is 3.23.